The molecule has 2 aromatic carbocycles. The summed E-state index contributed by atoms with van der Waals surface area (Å²) in [6.45, 7) is 5.05. The molecular formula is C16H21NO. The molecule has 0 saturated carbocycles. The van der Waals surface area contributed by atoms with Crippen LogP contribution in [-0.2, 0) is 0 Å². The number of rotatable bonds is 7. The number of fused-ring (bicyclic) bond motifs is 1. The molecule has 2 rings (SSSR count). The van der Waals surface area contributed by atoms with E-state index in [-0.39, 0.29) is 0 Å². The standard InChI is InChI=1S/C16H21NO/c1-2-17-11-5-6-12-18-16-10-9-14-7-3-4-8-15(14)13-16/h3-4,7-10,13,17H,2,5-6,11-12H2,1H3. The Balaban J connectivity index is 1.81. The van der Waals surface area contributed by atoms with Crippen molar-refractivity contribution in [2.24, 2.45) is 0 Å². The largest absolute Gasteiger partial charge is 0.494 e. The van der Waals surface area contributed by atoms with Gasteiger partial charge >= 0.3 is 0 Å². The van der Waals surface area contributed by atoms with Crippen molar-refractivity contribution in [3.05, 3.63) is 42.5 Å². The quantitative estimate of drug-likeness (QED) is 0.750. The molecule has 2 aromatic rings. The molecule has 0 saturated heterocycles. The van der Waals surface area contributed by atoms with E-state index >= 15 is 0 Å². The average molecular weight is 243 g/mol. The average Bonchev–Trinajstić information content (AvgIpc) is 2.42. The highest BCUT2D eigenvalue weighted by atomic mass is 16.5. The maximum Gasteiger partial charge on any atom is 0.119 e. The van der Waals surface area contributed by atoms with Crippen LogP contribution in [0.3, 0.4) is 0 Å². The van der Waals surface area contributed by atoms with E-state index in [1.165, 1.54) is 17.2 Å². The van der Waals surface area contributed by atoms with Gasteiger partial charge in [0.1, 0.15) is 5.75 Å². The molecule has 0 aliphatic carbocycles. The predicted molar refractivity (Wildman–Crippen MR) is 77.2 cm³/mol. The third kappa shape index (κ3) is 3.74. The van der Waals surface area contributed by atoms with Crippen LogP contribution in [0.25, 0.3) is 10.8 Å². The van der Waals surface area contributed by atoms with E-state index in [2.05, 4.69) is 48.6 Å². The lowest BCUT2D eigenvalue weighted by atomic mass is 10.1. The van der Waals surface area contributed by atoms with E-state index in [1.807, 2.05) is 6.07 Å². The molecule has 2 nitrogen and oxygen atoms in total. The topological polar surface area (TPSA) is 21.3 Å². The minimum atomic E-state index is 0.795. The molecular weight excluding hydrogens is 222 g/mol. The number of ether oxygens (including phenoxy) is 1. The predicted octanol–water partition coefficient (Wildman–Crippen LogP) is 3.61. The molecule has 18 heavy (non-hydrogen) atoms. The summed E-state index contributed by atoms with van der Waals surface area (Å²) >= 11 is 0. The highest BCUT2D eigenvalue weighted by molar-refractivity contribution is 5.83. The summed E-state index contributed by atoms with van der Waals surface area (Å²) in [6, 6.07) is 14.6. The van der Waals surface area contributed by atoms with Gasteiger partial charge < -0.3 is 10.1 Å². The zero-order chi connectivity index (χ0) is 12.6. The van der Waals surface area contributed by atoms with E-state index in [4.69, 9.17) is 4.74 Å². The first-order valence-corrected chi connectivity index (χ1v) is 6.72. The van der Waals surface area contributed by atoms with Gasteiger partial charge in [0.2, 0.25) is 0 Å². The molecule has 0 amide bonds. The maximum atomic E-state index is 5.77. The highest BCUT2D eigenvalue weighted by Crippen LogP contribution is 2.20. The first-order valence-electron chi connectivity index (χ1n) is 6.72. The summed E-state index contributed by atoms with van der Waals surface area (Å²) in [5, 5.41) is 5.82. The molecule has 0 unspecified atom stereocenters. The summed E-state index contributed by atoms with van der Waals surface area (Å²) < 4.78 is 5.77. The molecule has 0 aliphatic rings. The van der Waals surface area contributed by atoms with E-state index in [9.17, 15) is 0 Å². The van der Waals surface area contributed by atoms with Crippen molar-refractivity contribution in [1.82, 2.24) is 5.32 Å². The molecule has 0 aromatic heterocycles. The van der Waals surface area contributed by atoms with Gasteiger partial charge in [-0.2, -0.15) is 0 Å². The highest BCUT2D eigenvalue weighted by Gasteiger charge is 1.96. The maximum absolute atomic E-state index is 5.77. The molecule has 1 N–H and O–H groups in total. The molecule has 0 heterocycles. The first-order chi connectivity index (χ1) is 8.90. The fourth-order valence-electron chi connectivity index (χ4n) is 1.98. The molecule has 96 valence electrons. The van der Waals surface area contributed by atoms with Crippen LogP contribution >= 0.6 is 0 Å². The molecule has 0 fully saturated rings. The van der Waals surface area contributed by atoms with Crippen molar-refractivity contribution in [3.63, 3.8) is 0 Å². The molecule has 2 heteroatoms. The zero-order valence-electron chi connectivity index (χ0n) is 11.0. The van der Waals surface area contributed by atoms with Crippen LogP contribution in [0.1, 0.15) is 19.8 Å². The van der Waals surface area contributed by atoms with Gasteiger partial charge in [0, 0.05) is 0 Å². The lowest BCUT2D eigenvalue weighted by Gasteiger charge is -2.07. The Labute approximate surface area is 109 Å². The van der Waals surface area contributed by atoms with Gasteiger partial charge in [0.25, 0.3) is 0 Å². The van der Waals surface area contributed by atoms with Gasteiger partial charge in [-0.1, -0.05) is 37.3 Å². The van der Waals surface area contributed by atoms with Gasteiger partial charge in [-0.25, -0.2) is 0 Å². The number of hydrogen-bond donors (Lipinski definition) is 1. The summed E-state index contributed by atoms with van der Waals surface area (Å²) in [5.74, 6) is 0.970. The number of nitrogens with one attached hydrogen (secondary N) is 1. The number of unbranched alkanes of at least 4 members (excludes halogenated alkanes) is 1. The summed E-state index contributed by atoms with van der Waals surface area (Å²) in [7, 11) is 0. The summed E-state index contributed by atoms with van der Waals surface area (Å²) in [5.41, 5.74) is 0. The normalized spacial score (nSPS) is 10.7. The Morgan fingerprint density at radius 3 is 2.67 bits per heavy atom. The summed E-state index contributed by atoms with van der Waals surface area (Å²) in [4.78, 5) is 0. The smallest absolute Gasteiger partial charge is 0.119 e. The van der Waals surface area contributed by atoms with Crippen LogP contribution in [0.4, 0.5) is 0 Å². The zero-order valence-corrected chi connectivity index (χ0v) is 11.0. The van der Waals surface area contributed by atoms with Crippen molar-refractivity contribution in [2.75, 3.05) is 19.7 Å². The van der Waals surface area contributed by atoms with Gasteiger partial charge in [0.05, 0.1) is 6.61 Å². The Hall–Kier alpha value is -1.54. The van der Waals surface area contributed by atoms with Crippen LogP contribution < -0.4 is 10.1 Å². The van der Waals surface area contributed by atoms with Crippen LogP contribution in [0.5, 0.6) is 5.75 Å². The lowest BCUT2D eigenvalue weighted by Crippen LogP contribution is -2.14. The van der Waals surface area contributed by atoms with Gasteiger partial charge in [-0.05, 0) is 48.8 Å². The second-order valence-corrected chi connectivity index (χ2v) is 4.42. The fraction of sp³-hybridized carbons (Fsp3) is 0.375. The SMILES string of the molecule is CCNCCCCOc1ccc2ccccc2c1. The first kappa shape index (κ1) is 12.9. The van der Waals surface area contributed by atoms with E-state index in [1.54, 1.807) is 0 Å². The second-order valence-electron chi connectivity index (χ2n) is 4.42. The van der Waals surface area contributed by atoms with Gasteiger partial charge in [-0.15, -0.1) is 0 Å². The van der Waals surface area contributed by atoms with Crippen molar-refractivity contribution in [3.8, 4) is 5.75 Å². The molecule has 0 radical (unpaired) electrons. The summed E-state index contributed by atoms with van der Waals surface area (Å²) in [6.07, 6.45) is 2.27. The minimum Gasteiger partial charge on any atom is -0.494 e. The Morgan fingerprint density at radius 2 is 1.83 bits per heavy atom. The van der Waals surface area contributed by atoms with E-state index in [0.717, 1.165) is 31.9 Å². The molecule has 0 spiro atoms. The van der Waals surface area contributed by atoms with Gasteiger partial charge in [-0.3, -0.25) is 0 Å². The molecule has 0 aliphatic heterocycles. The van der Waals surface area contributed by atoms with Crippen LogP contribution in [0.2, 0.25) is 0 Å². The number of hydrogen-bond acceptors (Lipinski definition) is 2. The van der Waals surface area contributed by atoms with Crippen molar-refractivity contribution >= 4 is 10.8 Å². The monoisotopic (exact) mass is 243 g/mol. The van der Waals surface area contributed by atoms with Crippen LogP contribution in [-0.4, -0.2) is 19.7 Å². The van der Waals surface area contributed by atoms with Gasteiger partial charge in [0.15, 0.2) is 0 Å². The minimum absolute atomic E-state index is 0.795. The van der Waals surface area contributed by atoms with E-state index < -0.39 is 0 Å². The lowest BCUT2D eigenvalue weighted by molar-refractivity contribution is 0.306. The van der Waals surface area contributed by atoms with Crippen molar-refractivity contribution in [2.45, 2.75) is 19.8 Å². The van der Waals surface area contributed by atoms with Crippen molar-refractivity contribution < 1.29 is 4.74 Å². The van der Waals surface area contributed by atoms with E-state index in [0.29, 0.717) is 0 Å². The molecule has 0 atom stereocenters. The Bertz CT molecular complexity index is 481. The number of benzene rings is 2. The van der Waals surface area contributed by atoms with Crippen molar-refractivity contribution in [1.29, 1.82) is 0 Å². The molecule has 0 bridgehead atoms. The Kier molecular flexibility index (Phi) is 5.03. The van der Waals surface area contributed by atoms with Crippen LogP contribution in [0.15, 0.2) is 42.5 Å². The third-order valence-corrected chi connectivity index (χ3v) is 2.99. The Morgan fingerprint density at radius 1 is 1.00 bits per heavy atom. The second kappa shape index (κ2) is 7.02. The fourth-order valence-corrected chi connectivity index (χ4v) is 1.98. The van der Waals surface area contributed by atoms with Crippen LogP contribution in [0, 0.1) is 0 Å². The third-order valence-electron chi connectivity index (χ3n) is 2.99.